The van der Waals surface area contributed by atoms with Gasteiger partial charge in [0, 0.05) is 23.2 Å². The third kappa shape index (κ3) is 2.33. The Labute approximate surface area is 116 Å². The maximum atomic E-state index is 6.01. The molecule has 2 N–H and O–H groups in total. The van der Waals surface area contributed by atoms with E-state index in [2.05, 4.69) is 23.2 Å². The molecule has 1 aromatic heterocycles. The zero-order valence-electron chi connectivity index (χ0n) is 10.3. The summed E-state index contributed by atoms with van der Waals surface area (Å²) in [4.78, 5) is 4.33. The smallest absolute Gasteiger partial charge is 0.0702 e. The lowest BCUT2D eigenvalue weighted by molar-refractivity contribution is 1.07. The molecule has 2 nitrogen and oxygen atoms in total. The van der Waals surface area contributed by atoms with Gasteiger partial charge in [-0.2, -0.15) is 0 Å². The molecule has 0 aliphatic rings. The fourth-order valence-corrected chi connectivity index (χ4v) is 2.45. The first-order valence-corrected chi connectivity index (χ1v) is 6.49. The normalized spacial score (nSPS) is 10.8. The van der Waals surface area contributed by atoms with E-state index in [0.717, 1.165) is 27.6 Å². The molecule has 2 aromatic carbocycles. The Kier molecular flexibility index (Phi) is 3.20. The molecule has 0 aliphatic heterocycles. The van der Waals surface area contributed by atoms with Crippen molar-refractivity contribution >= 4 is 22.5 Å². The minimum atomic E-state index is 0.473. The molecular weight excluding hydrogens is 256 g/mol. The number of benzene rings is 2. The van der Waals surface area contributed by atoms with Gasteiger partial charge in [0.05, 0.1) is 5.52 Å². The van der Waals surface area contributed by atoms with Gasteiger partial charge in [0.2, 0.25) is 0 Å². The molecule has 0 bridgehead atoms. The first kappa shape index (κ1) is 12.2. The van der Waals surface area contributed by atoms with Crippen LogP contribution in [0.4, 0.5) is 0 Å². The summed E-state index contributed by atoms with van der Waals surface area (Å²) < 4.78 is 0. The van der Waals surface area contributed by atoms with Crippen LogP contribution in [0.15, 0.2) is 54.7 Å². The van der Waals surface area contributed by atoms with Crippen LogP contribution in [0.1, 0.15) is 5.56 Å². The van der Waals surface area contributed by atoms with Crippen LogP contribution >= 0.6 is 11.6 Å². The largest absolute Gasteiger partial charge is 0.326 e. The Morgan fingerprint density at radius 3 is 2.79 bits per heavy atom. The summed E-state index contributed by atoms with van der Waals surface area (Å²) in [6.45, 7) is 0.473. The lowest BCUT2D eigenvalue weighted by Crippen LogP contribution is -1.99. The zero-order chi connectivity index (χ0) is 13.2. The average molecular weight is 269 g/mol. The van der Waals surface area contributed by atoms with Crippen molar-refractivity contribution < 1.29 is 0 Å². The third-order valence-corrected chi connectivity index (χ3v) is 3.44. The van der Waals surface area contributed by atoms with Crippen molar-refractivity contribution in [1.82, 2.24) is 4.98 Å². The summed E-state index contributed by atoms with van der Waals surface area (Å²) in [6.07, 6.45) is 1.80. The van der Waals surface area contributed by atoms with Gasteiger partial charge in [-0.15, -0.1) is 0 Å². The molecule has 0 fully saturated rings. The number of fused-ring (bicyclic) bond motifs is 1. The SMILES string of the molecule is NCc1cc(Cl)ccc1-c1ccc2ncccc2c1. The molecule has 1 heterocycles. The first-order valence-electron chi connectivity index (χ1n) is 6.11. The van der Waals surface area contributed by atoms with Crippen LogP contribution in [0, 0.1) is 0 Å². The van der Waals surface area contributed by atoms with Crippen molar-refractivity contribution in [3.63, 3.8) is 0 Å². The molecule has 19 heavy (non-hydrogen) atoms. The summed E-state index contributed by atoms with van der Waals surface area (Å²) in [6, 6.07) is 16.1. The second-order valence-electron chi connectivity index (χ2n) is 4.42. The Bertz CT molecular complexity index is 738. The molecule has 0 radical (unpaired) electrons. The quantitative estimate of drug-likeness (QED) is 0.763. The van der Waals surface area contributed by atoms with Crippen LogP contribution < -0.4 is 5.73 Å². The van der Waals surface area contributed by atoms with Crippen LogP contribution in [0.2, 0.25) is 5.02 Å². The van der Waals surface area contributed by atoms with E-state index in [9.17, 15) is 0 Å². The highest BCUT2D eigenvalue weighted by Crippen LogP contribution is 2.28. The number of halogens is 1. The number of aromatic nitrogens is 1. The van der Waals surface area contributed by atoms with Crippen LogP contribution in [0.5, 0.6) is 0 Å². The first-order chi connectivity index (χ1) is 9.28. The van der Waals surface area contributed by atoms with E-state index in [1.165, 1.54) is 0 Å². The Hall–Kier alpha value is -1.90. The van der Waals surface area contributed by atoms with Crippen LogP contribution in [0.3, 0.4) is 0 Å². The molecule has 0 amide bonds. The predicted molar refractivity (Wildman–Crippen MR) is 80.1 cm³/mol. The van der Waals surface area contributed by atoms with Crippen molar-refractivity contribution in [3.8, 4) is 11.1 Å². The van der Waals surface area contributed by atoms with E-state index in [4.69, 9.17) is 17.3 Å². The van der Waals surface area contributed by atoms with Crippen LogP contribution in [0.25, 0.3) is 22.0 Å². The average Bonchev–Trinajstić information content (AvgIpc) is 2.46. The van der Waals surface area contributed by atoms with Gasteiger partial charge in [-0.3, -0.25) is 4.98 Å². The Balaban J connectivity index is 2.18. The number of rotatable bonds is 2. The fourth-order valence-electron chi connectivity index (χ4n) is 2.26. The van der Waals surface area contributed by atoms with E-state index in [-0.39, 0.29) is 0 Å². The molecule has 3 heteroatoms. The maximum Gasteiger partial charge on any atom is 0.0702 e. The second-order valence-corrected chi connectivity index (χ2v) is 4.85. The van der Waals surface area contributed by atoms with E-state index in [1.807, 2.05) is 30.3 Å². The number of hydrogen-bond donors (Lipinski definition) is 1. The van der Waals surface area contributed by atoms with E-state index in [0.29, 0.717) is 11.6 Å². The topological polar surface area (TPSA) is 38.9 Å². The van der Waals surface area contributed by atoms with Gasteiger partial charge in [0.15, 0.2) is 0 Å². The summed E-state index contributed by atoms with van der Waals surface area (Å²) in [7, 11) is 0. The highest BCUT2D eigenvalue weighted by Gasteiger charge is 2.06. The molecule has 0 saturated carbocycles. The predicted octanol–water partition coefficient (Wildman–Crippen LogP) is 4.01. The maximum absolute atomic E-state index is 6.01. The highest BCUT2D eigenvalue weighted by atomic mass is 35.5. The third-order valence-electron chi connectivity index (χ3n) is 3.20. The van der Waals surface area contributed by atoms with Gasteiger partial charge in [-0.25, -0.2) is 0 Å². The zero-order valence-corrected chi connectivity index (χ0v) is 11.1. The molecule has 0 aliphatic carbocycles. The van der Waals surface area contributed by atoms with Gasteiger partial charge >= 0.3 is 0 Å². The van der Waals surface area contributed by atoms with E-state index >= 15 is 0 Å². The molecule has 94 valence electrons. The molecule has 0 atom stereocenters. The fraction of sp³-hybridized carbons (Fsp3) is 0.0625. The monoisotopic (exact) mass is 268 g/mol. The minimum Gasteiger partial charge on any atom is -0.326 e. The molecule has 0 saturated heterocycles. The Morgan fingerprint density at radius 1 is 1.05 bits per heavy atom. The lowest BCUT2D eigenvalue weighted by Gasteiger charge is -2.09. The minimum absolute atomic E-state index is 0.473. The van der Waals surface area contributed by atoms with Crippen molar-refractivity contribution in [2.24, 2.45) is 5.73 Å². The summed E-state index contributed by atoms with van der Waals surface area (Å²) in [5, 5.41) is 1.84. The second kappa shape index (κ2) is 5.00. The highest BCUT2D eigenvalue weighted by molar-refractivity contribution is 6.30. The van der Waals surface area contributed by atoms with Crippen molar-refractivity contribution in [2.75, 3.05) is 0 Å². The van der Waals surface area contributed by atoms with Gasteiger partial charge < -0.3 is 5.73 Å². The van der Waals surface area contributed by atoms with Crippen LogP contribution in [-0.2, 0) is 6.54 Å². The summed E-state index contributed by atoms with van der Waals surface area (Å²) >= 11 is 6.01. The molecule has 3 rings (SSSR count). The summed E-state index contributed by atoms with van der Waals surface area (Å²) in [5.74, 6) is 0. The van der Waals surface area contributed by atoms with Crippen molar-refractivity contribution in [3.05, 3.63) is 65.3 Å². The Morgan fingerprint density at radius 2 is 1.95 bits per heavy atom. The van der Waals surface area contributed by atoms with E-state index < -0.39 is 0 Å². The standard InChI is InChI=1S/C16H13ClN2/c17-14-4-5-15(13(9-14)10-18)11-3-6-16-12(8-11)2-1-7-19-16/h1-9H,10,18H2. The van der Waals surface area contributed by atoms with Crippen molar-refractivity contribution in [2.45, 2.75) is 6.54 Å². The van der Waals surface area contributed by atoms with E-state index in [1.54, 1.807) is 6.20 Å². The number of nitrogens with two attached hydrogens (primary N) is 1. The molecule has 0 unspecified atom stereocenters. The lowest BCUT2D eigenvalue weighted by atomic mass is 9.98. The molecule has 3 aromatic rings. The van der Waals surface area contributed by atoms with Gasteiger partial charge in [-0.1, -0.05) is 29.8 Å². The van der Waals surface area contributed by atoms with Gasteiger partial charge in [0.25, 0.3) is 0 Å². The van der Waals surface area contributed by atoms with Crippen LogP contribution in [-0.4, -0.2) is 4.98 Å². The number of pyridine rings is 1. The van der Waals surface area contributed by atoms with Crippen molar-refractivity contribution in [1.29, 1.82) is 0 Å². The molecule has 0 spiro atoms. The van der Waals surface area contributed by atoms with Gasteiger partial charge in [0.1, 0.15) is 0 Å². The number of nitrogens with zero attached hydrogens (tertiary/aromatic N) is 1. The summed E-state index contributed by atoms with van der Waals surface area (Å²) in [5.41, 5.74) is 10.1. The molecular formula is C16H13ClN2. The number of hydrogen-bond acceptors (Lipinski definition) is 2. The van der Waals surface area contributed by atoms with Gasteiger partial charge in [-0.05, 0) is 47.0 Å².